The number of anilines is 1. The van der Waals surface area contributed by atoms with Gasteiger partial charge >= 0.3 is 0 Å². The smallest absolute Gasteiger partial charge is 0.243 e. The SMILES string of the molecule is CC(C)c1nc2cc(NC(=O)CCc3ccc(S(=O)(=O)N4CCCC4)cc3)ccc2o1. The number of benzene rings is 2. The standard InChI is InChI=1S/C23H27N3O4S/c1-16(2)23-25-20-15-18(8-11-21(20)30-23)24-22(27)12-7-17-5-9-19(10-6-17)31(28,29)26-13-3-4-14-26/h5-6,8-11,15-16H,3-4,7,12-14H2,1-2H3,(H,24,27). The highest BCUT2D eigenvalue weighted by Gasteiger charge is 2.26. The van der Waals surface area contributed by atoms with Crippen molar-refractivity contribution in [1.29, 1.82) is 0 Å². The molecule has 4 rings (SSSR count). The highest BCUT2D eigenvalue weighted by molar-refractivity contribution is 7.89. The van der Waals surface area contributed by atoms with Crippen molar-refractivity contribution < 1.29 is 17.6 Å². The van der Waals surface area contributed by atoms with Crippen LogP contribution in [0.4, 0.5) is 5.69 Å². The molecule has 0 radical (unpaired) electrons. The fraction of sp³-hybridized carbons (Fsp3) is 0.391. The maximum atomic E-state index is 12.6. The lowest BCUT2D eigenvalue weighted by molar-refractivity contribution is -0.116. The molecule has 2 heterocycles. The summed E-state index contributed by atoms with van der Waals surface area (Å²) in [5, 5.41) is 2.89. The van der Waals surface area contributed by atoms with Gasteiger partial charge in [-0.1, -0.05) is 26.0 Å². The first-order valence-electron chi connectivity index (χ1n) is 10.6. The summed E-state index contributed by atoms with van der Waals surface area (Å²) in [4.78, 5) is 17.1. The molecule has 31 heavy (non-hydrogen) atoms. The predicted molar refractivity (Wildman–Crippen MR) is 119 cm³/mol. The van der Waals surface area contributed by atoms with Gasteiger partial charge in [-0.05, 0) is 55.2 Å². The first kappa shape index (κ1) is 21.5. The number of fused-ring (bicyclic) bond motifs is 1. The quantitative estimate of drug-likeness (QED) is 0.590. The van der Waals surface area contributed by atoms with Crippen molar-refractivity contribution in [2.45, 2.75) is 50.3 Å². The second-order valence-corrected chi connectivity index (χ2v) is 10.1. The van der Waals surface area contributed by atoms with Gasteiger partial charge in [0.05, 0.1) is 4.90 Å². The van der Waals surface area contributed by atoms with Crippen molar-refractivity contribution in [3.05, 3.63) is 53.9 Å². The Hall–Kier alpha value is -2.71. The van der Waals surface area contributed by atoms with Gasteiger partial charge in [-0.15, -0.1) is 0 Å². The predicted octanol–water partition coefficient (Wildman–Crippen LogP) is 4.31. The minimum absolute atomic E-state index is 0.110. The molecule has 7 nitrogen and oxygen atoms in total. The third-order valence-corrected chi connectivity index (χ3v) is 7.36. The zero-order valence-corrected chi connectivity index (χ0v) is 18.6. The molecule has 8 heteroatoms. The number of rotatable bonds is 7. The lowest BCUT2D eigenvalue weighted by Gasteiger charge is -2.15. The summed E-state index contributed by atoms with van der Waals surface area (Å²) in [6.45, 7) is 5.20. The van der Waals surface area contributed by atoms with Crippen molar-refractivity contribution >= 4 is 32.7 Å². The molecule has 1 N–H and O–H groups in total. The van der Waals surface area contributed by atoms with Crippen LogP contribution in [0, 0.1) is 0 Å². The van der Waals surface area contributed by atoms with Crippen molar-refractivity contribution in [2.75, 3.05) is 18.4 Å². The molecule has 1 aliphatic rings. The summed E-state index contributed by atoms with van der Waals surface area (Å²) in [7, 11) is -3.41. The molecule has 0 bridgehead atoms. The summed E-state index contributed by atoms with van der Waals surface area (Å²) in [6.07, 6.45) is 2.65. The van der Waals surface area contributed by atoms with E-state index in [1.165, 1.54) is 4.31 Å². The maximum absolute atomic E-state index is 12.6. The Bertz CT molecular complexity index is 1180. The van der Waals surface area contributed by atoms with Crippen molar-refractivity contribution in [1.82, 2.24) is 9.29 Å². The number of hydrogen-bond acceptors (Lipinski definition) is 5. The van der Waals surface area contributed by atoms with Crippen LogP contribution in [0.2, 0.25) is 0 Å². The number of aromatic nitrogens is 1. The zero-order chi connectivity index (χ0) is 22.0. The number of aryl methyl sites for hydroxylation is 1. The Morgan fingerprint density at radius 1 is 1.13 bits per heavy atom. The highest BCUT2D eigenvalue weighted by atomic mass is 32.2. The van der Waals surface area contributed by atoms with Gasteiger partial charge < -0.3 is 9.73 Å². The van der Waals surface area contributed by atoms with E-state index in [0.29, 0.717) is 48.0 Å². The number of carbonyl (C=O) groups excluding carboxylic acids is 1. The van der Waals surface area contributed by atoms with E-state index in [9.17, 15) is 13.2 Å². The lowest BCUT2D eigenvalue weighted by atomic mass is 10.1. The van der Waals surface area contributed by atoms with Crippen LogP contribution in [0.5, 0.6) is 0 Å². The molecule has 164 valence electrons. The van der Waals surface area contributed by atoms with Crippen LogP contribution in [0.1, 0.15) is 50.5 Å². The number of nitrogens with zero attached hydrogens (tertiary/aromatic N) is 2. The molecule has 1 fully saturated rings. The van der Waals surface area contributed by atoms with E-state index in [4.69, 9.17) is 4.42 Å². The number of amides is 1. The van der Waals surface area contributed by atoms with Gasteiger partial charge in [-0.2, -0.15) is 4.31 Å². The van der Waals surface area contributed by atoms with E-state index >= 15 is 0 Å². The van der Waals surface area contributed by atoms with Crippen molar-refractivity contribution in [3.8, 4) is 0 Å². The third kappa shape index (κ3) is 4.80. The van der Waals surface area contributed by atoms with Gasteiger partial charge in [-0.3, -0.25) is 4.79 Å². The van der Waals surface area contributed by atoms with Gasteiger partial charge in [-0.25, -0.2) is 13.4 Å². The average Bonchev–Trinajstić information content (AvgIpc) is 3.43. The van der Waals surface area contributed by atoms with E-state index < -0.39 is 10.0 Å². The van der Waals surface area contributed by atoms with Crippen molar-refractivity contribution in [2.24, 2.45) is 0 Å². The first-order chi connectivity index (χ1) is 14.8. The van der Waals surface area contributed by atoms with Crippen LogP contribution in [-0.2, 0) is 21.2 Å². The molecule has 1 aliphatic heterocycles. The van der Waals surface area contributed by atoms with Crippen LogP contribution in [0.25, 0.3) is 11.1 Å². The van der Waals surface area contributed by atoms with Crippen LogP contribution < -0.4 is 5.32 Å². The minimum atomic E-state index is -3.41. The molecular formula is C23H27N3O4S. The number of nitrogens with one attached hydrogen (secondary N) is 1. The van der Waals surface area contributed by atoms with Gasteiger partial charge in [0.15, 0.2) is 11.5 Å². The van der Waals surface area contributed by atoms with Gasteiger partial charge in [0.25, 0.3) is 0 Å². The summed E-state index contributed by atoms with van der Waals surface area (Å²) in [5.41, 5.74) is 3.01. The van der Waals surface area contributed by atoms with E-state index in [2.05, 4.69) is 10.3 Å². The molecule has 3 aromatic rings. The number of carbonyl (C=O) groups is 1. The highest BCUT2D eigenvalue weighted by Crippen LogP contribution is 2.24. The summed E-state index contributed by atoms with van der Waals surface area (Å²) < 4.78 is 32.4. The van der Waals surface area contributed by atoms with Crippen molar-refractivity contribution in [3.63, 3.8) is 0 Å². The van der Waals surface area contributed by atoms with E-state index in [1.807, 2.05) is 19.9 Å². The van der Waals surface area contributed by atoms with E-state index in [-0.39, 0.29) is 11.8 Å². The molecule has 0 saturated carbocycles. The van der Waals surface area contributed by atoms with Crippen LogP contribution in [-0.4, -0.2) is 36.7 Å². The topological polar surface area (TPSA) is 92.5 Å². The fourth-order valence-electron chi connectivity index (χ4n) is 3.66. The molecule has 1 amide bonds. The van der Waals surface area contributed by atoms with Crippen LogP contribution >= 0.6 is 0 Å². The molecule has 0 spiro atoms. The Balaban J connectivity index is 1.35. The summed E-state index contributed by atoms with van der Waals surface area (Å²) in [5.74, 6) is 0.761. The largest absolute Gasteiger partial charge is 0.440 e. The maximum Gasteiger partial charge on any atom is 0.243 e. The van der Waals surface area contributed by atoms with Gasteiger partial charge in [0.1, 0.15) is 5.52 Å². The molecule has 0 aliphatic carbocycles. The summed E-state index contributed by atoms with van der Waals surface area (Å²) >= 11 is 0. The Kier molecular flexibility index (Phi) is 6.11. The molecule has 1 aromatic heterocycles. The minimum Gasteiger partial charge on any atom is -0.440 e. The van der Waals surface area contributed by atoms with Crippen LogP contribution in [0.3, 0.4) is 0 Å². The Morgan fingerprint density at radius 3 is 2.52 bits per heavy atom. The molecule has 2 aromatic carbocycles. The first-order valence-corrected chi connectivity index (χ1v) is 12.1. The fourth-order valence-corrected chi connectivity index (χ4v) is 5.17. The molecule has 1 saturated heterocycles. The van der Waals surface area contributed by atoms with E-state index in [1.54, 1.807) is 36.4 Å². The average molecular weight is 442 g/mol. The van der Waals surface area contributed by atoms with E-state index in [0.717, 1.165) is 23.9 Å². The normalized spacial score (nSPS) is 15.1. The monoisotopic (exact) mass is 441 g/mol. The number of sulfonamides is 1. The second kappa shape index (κ2) is 8.80. The third-order valence-electron chi connectivity index (χ3n) is 5.45. The molecule has 0 unspecified atom stereocenters. The second-order valence-electron chi connectivity index (χ2n) is 8.19. The van der Waals surface area contributed by atoms with Crippen LogP contribution in [0.15, 0.2) is 51.8 Å². The Labute approximate surface area is 182 Å². The summed E-state index contributed by atoms with van der Waals surface area (Å²) in [6, 6.07) is 12.2. The Morgan fingerprint density at radius 2 is 1.84 bits per heavy atom. The number of oxazole rings is 1. The molecular weight excluding hydrogens is 414 g/mol. The molecule has 0 atom stereocenters. The number of hydrogen-bond donors (Lipinski definition) is 1. The van der Waals surface area contributed by atoms with Gasteiger partial charge in [0.2, 0.25) is 15.9 Å². The lowest BCUT2D eigenvalue weighted by Crippen LogP contribution is -2.27. The van der Waals surface area contributed by atoms with Gasteiger partial charge in [0, 0.05) is 31.1 Å². The zero-order valence-electron chi connectivity index (χ0n) is 17.8.